The summed E-state index contributed by atoms with van der Waals surface area (Å²) in [6, 6.07) is 18.1. The monoisotopic (exact) mass is 436 g/mol. The van der Waals surface area contributed by atoms with E-state index in [2.05, 4.69) is 35.2 Å². The highest BCUT2D eigenvalue weighted by Crippen LogP contribution is 2.70. The van der Waals surface area contributed by atoms with E-state index in [1.807, 2.05) is 44.4 Å². The van der Waals surface area contributed by atoms with Crippen LogP contribution in [0.3, 0.4) is 0 Å². The molecule has 4 bridgehead atoms. The average molecular weight is 437 g/mol. The van der Waals surface area contributed by atoms with Crippen molar-refractivity contribution in [2.24, 2.45) is 35.5 Å². The molecule has 0 radical (unpaired) electrons. The number of allylic oxidation sites excluding steroid dienone is 3. The SMILES string of the molecule is CN(C)c1ccc(C=C2[C@H]3C4=C([C@H]5CC[C@H]4C5)[C@H]2[C@H]2C(=O)N(c4ccccc4)C(=O)[C@H]32)cc1. The van der Waals surface area contributed by atoms with Crippen molar-refractivity contribution in [3.63, 3.8) is 0 Å². The number of benzene rings is 2. The number of nitrogens with zero attached hydrogens (tertiary/aromatic N) is 2. The van der Waals surface area contributed by atoms with Crippen LogP contribution in [0.2, 0.25) is 0 Å². The third-order valence-electron chi connectivity index (χ3n) is 8.91. The zero-order valence-corrected chi connectivity index (χ0v) is 19.1. The van der Waals surface area contributed by atoms with Crippen LogP contribution < -0.4 is 9.80 Å². The molecule has 2 aromatic rings. The lowest BCUT2D eigenvalue weighted by Gasteiger charge is -2.28. The molecule has 2 aromatic carbocycles. The highest BCUT2D eigenvalue weighted by Gasteiger charge is 2.69. The summed E-state index contributed by atoms with van der Waals surface area (Å²) in [6.45, 7) is 0. The zero-order valence-electron chi connectivity index (χ0n) is 19.1. The molecule has 1 heterocycles. The van der Waals surface area contributed by atoms with Crippen molar-refractivity contribution in [2.45, 2.75) is 19.3 Å². The van der Waals surface area contributed by atoms with E-state index in [-0.39, 0.29) is 35.5 Å². The van der Waals surface area contributed by atoms with Gasteiger partial charge in [0.05, 0.1) is 17.5 Å². The first kappa shape index (κ1) is 19.3. The van der Waals surface area contributed by atoms with E-state index < -0.39 is 0 Å². The van der Waals surface area contributed by atoms with E-state index in [1.54, 1.807) is 11.1 Å². The number of fused-ring (bicyclic) bond motifs is 11. The predicted octanol–water partition coefficient (Wildman–Crippen LogP) is 4.93. The van der Waals surface area contributed by atoms with Gasteiger partial charge >= 0.3 is 0 Å². The minimum atomic E-state index is -0.229. The van der Waals surface area contributed by atoms with Gasteiger partial charge in [-0.25, -0.2) is 4.90 Å². The Morgan fingerprint density at radius 2 is 1.39 bits per heavy atom. The normalized spacial score (nSPS) is 33.3. The van der Waals surface area contributed by atoms with Crippen LogP contribution in [0.5, 0.6) is 0 Å². The molecular weight excluding hydrogens is 408 g/mol. The maximum absolute atomic E-state index is 13.7. The summed E-state index contributed by atoms with van der Waals surface area (Å²) < 4.78 is 0. The highest BCUT2D eigenvalue weighted by atomic mass is 16.2. The van der Waals surface area contributed by atoms with Gasteiger partial charge in [-0.1, -0.05) is 53.1 Å². The van der Waals surface area contributed by atoms with Gasteiger partial charge in [-0.2, -0.15) is 0 Å². The first-order valence-electron chi connectivity index (χ1n) is 12.2. The molecule has 7 rings (SSSR count). The number of carbonyl (C=O) groups is 2. The predicted molar refractivity (Wildman–Crippen MR) is 129 cm³/mol. The molecule has 0 unspecified atom stereocenters. The Hall–Kier alpha value is -3.14. The fourth-order valence-corrected chi connectivity index (χ4v) is 7.73. The molecule has 1 aliphatic heterocycles. The van der Waals surface area contributed by atoms with Gasteiger partial charge in [-0.15, -0.1) is 0 Å². The van der Waals surface area contributed by atoms with Crippen molar-refractivity contribution in [3.05, 3.63) is 76.9 Å². The number of hydrogen-bond acceptors (Lipinski definition) is 3. The van der Waals surface area contributed by atoms with Crippen LogP contribution in [0, 0.1) is 35.5 Å². The molecule has 2 amide bonds. The minimum Gasteiger partial charge on any atom is -0.378 e. The molecule has 1 saturated heterocycles. The van der Waals surface area contributed by atoms with Crippen molar-refractivity contribution in [1.82, 2.24) is 0 Å². The second-order valence-electron chi connectivity index (χ2n) is 10.6. The number of rotatable bonds is 3. The van der Waals surface area contributed by atoms with Crippen molar-refractivity contribution >= 4 is 29.3 Å². The Morgan fingerprint density at radius 3 is 1.94 bits per heavy atom. The quantitative estimate of drug-likeness (QED) is 0.389. The van der Waals surface area contributed by atoms with E-state index in [0.717, 1.165) is 0 Å². The lowest BCUT2D eigenvalue weighted by atomic mass is 9.72. The molecule has 4 heteroatoms. The van der Waals surface area contributed by atoms with Crippen LogP contribution in [-0.4, -0.2) is 25.9 Å². The van der Waals surface area contributed by atoms with E-state index in [1.165, 1.54) is 41.0 Å². The van der Waals surface area contributed by atoms with Crippen molar-refractivity contribution in [2.75, 3.05) is 23.9 Å². The van der Waals surface area contributed by atoms with E-state index in [4.69, 9.17) is 0 Å². The van der Waals surface area contributed by atoms with Gasteiger partial charge in [0, 0.05) is 31.6 Å². The molecule has 2 saturated carbocycles. The minimum absolute atomic E-state index is 0.00637. The van der Waals surface area contributed by atoms with E-state index in [0.29, 0.717) is 17.5 Å². The van der Waals surface area contributed by atoms with Gasteiger partial charge in [0.2, 0.25) is 11.8 Å². The third kappa shape index (κ3) is 2.47. The number of para-hydroxylation sites is 1. The van der Waals surface area contributed by atoms with Crippen LogP contribution >= 0.6 is 0 Å². The largest absolute Gasteiger partial charge is 0.378 e. The molecule has 0 N–H and O–H groups in total. The second kappa shape index (κ2) is 6.69. The van der Waals surface area contributed by atoms with Crippen LogP contribution in [0.1, 0.15) is 24.8 Å². The lowest BCUT2D eigenvalue weighted by molar-refractivity contribution is -0.123. The molecule has 0 aromatic heterocycles. The Morgan fingerprint density at radius 1 is 0.818 bits per heavy atom. The van der Waals surface area contributed by atoms with Crippen LogP contribution in [0.4, 0.5) is 11.4 Å². The molecule has 166 valence electrons. The summed E-state index contributed by atoms with van der Waals surface area (Å²) in [5.41, 5.74) is 7.48. The topological polar surface area (TPSA) is 40.6 Å². The van der Waals surface area contributed by atoms with Gasteiger partial charge in [0.15, 0.2) is 0 Å². The molecular formula is C29H28N2O2. The summed E-state index contributed by atoms with van der Waals surface area (Å²) >= 11 is 0. The van der Waals surface area contributed by atoms with Gasteiger partial charge < -0.3 is 4.90 Å². The van der Waals surface area contributed by atoms with Gasteiger partial charge in [-0.05, 0) is 60.9 Å². The first-order valence-corrected chi connectivity index (χ1v) is 12.2. The molecule has 0 spiro atoms. The molecule has 5 aliphatic rings. The Kier molecular flexibility index (Phi) is 3.92. The van der Waals surface area contributed by atoms with Crippen LogP contribution in [0.25, 0.3) is 6.08 Å². The smallest absolute Gasteiger partial charge is 0.238 e. The zero-order chi connectivity index (χ0) is 22.4. The maximum atomic E-state index is 13.7. The number of imide groups is 1. The number of anilines is 2. The van der Waals surface area contributed by atoms with Gasteiger partial charge in [0.1, 0.15) is 0 Å². The summed E-state index contributed by atoms with van der Waals surface area (Å²) in [4.78, 5) is 31.1. The molecule has 4 nitrogen and oxygen atoms in total. The van der Waals surface area contributed by atoms with E-state index in [9.17, 15) is 9.59 Å². The van der Waals surface area contributed by atoms with Crippen LogP contribution in [-0.2, 0) is 9.59 Å². The van der Waals surface area contributed by atoms with Gasteiger partial charge in [-0.3, -0.25) is 9.59 Å². The van der Waals surface area contributed by atoms with Crippen molar-refractivity contribution in [3.8, 4) is 0 Å². The number of carbonyl (C=O) groups excluding carboxylic acids is 2. The summed E-state index contributed by atoms with van der Waals surface area (Å²) in [6.07, 6.45) is 6.05. The fraction of sp³-hybridized carbons (Fsp3) is 0.379. The number of hydrogen-bond donors (Lipinski definition) is 0. The highest BCUT2D eigenvalue weighted by molar-refractivity contribution is 6.23. The standard InChI is InChI=1S/C29H28N2O2/c1-30(2)19-12-8-16(9-13-19)14-21-24-22-17-10-11-18(15-17)23(22)25(21)27-26(24)28(32)31(29(27)33)20-6-4-3-5-7-20/h3-9,12-14,17-18,24-27H,10-11,15H2,1-2H3/t17-,18-,24-,25-,26+,27+/m0/s1. The maximum Gasteiger partial charge on any atom is 0.238 e. The number of amides is 2. The summed E-state index contributed by atoms with van der Waals surface area (Å²) in [5, 5.41) is 0. The van der Waals surface area contributed by atoms with Gasteiger partial charge in [0.25, 0.3) is 0 Å². The van der Waals surface area contributed by atoms with Crippen molar-refractivity contribution < 1.29 is 9.59 Å². The second-order valence-corrected chi connectivity index (χ2v) is 10.6. The Bertz CT molecular complexity index is 1190. The third-order valence-corrected chi connectivity index (χ3v) is 8.91. The Balaban J connectivity index is 1.33. The lowest BCUT2D eigenvalue weighted by Crippen LogP contribution is -2.33. The van der Waals surface area contributed by atoms with Crippen molar-refractivity contribution in [1.29, 1.82) is 0 Å². The average Bonchev–Trinajstić information content (AvgIpc) is 3.61. The van der Waals surface area contributed by atoms with Crippen LogP contribution in [0.15, 0.2) is 71.3 Å². The first-order chi connectivity index (χ1) is 16.0. The molecule has 4 aliphatic carbocycles. The Labute approximate surface area is 194 Å². The van der Waals surface area contributed by atoms with E-state index >= 15 is 0 Å². The fourth-order valence-electron chi connectivity index (χ4n) is 7.73. The molecule has 33 heavy (non-hydrogen) atoms. The molecule has 3 fully saturated rings. The summed E-state index contributed by atoms with van der Waals surface area (Å²) in [7, 11) is 4.09. The molecule has 6 atom stereocenters. The summed E-state index contributed by atoms with van der Waals surface area (Å²) in [5.74, 6) is 1.02.